The Labute approximate surface area is 173 Å². The number of carbonyl (C=O) groups excluding carboxylic acids is 1. The Morgan fingerprint density at radius 3 is 2.57 bits per heavy atom. The van der Waals surface area contributed by atoms with Crippen molar-refractivity contribution in [3.8, 4) is 0 Å². The van der Waals surface area contributed by atoms with Crippen molar-refractivity contribution in [3.63, 3.8) is 0 Å². The third-order valence-electron chi connectivity index (χ3n) is 4.85. The average molecular weight is 444 g/mol. The van der Waals surface area contributed by atoms with E-state index in [1.165, 1.54) is 16.4 Å². The molecule has 0 atom stereocenters. The molecular weight excluding hydrogens is 422 g/mol. The molecule has 0 saturated carbocycles. The lowest BCUT2D eigenvalue weighted by molar-refractivity contribution is -0.126. The third kappa shape index (κ3) is 4.45. The Balaban J connectivity index is 1.56. The number of piperidine rings is 1. The molecule has 1 fully saturated rings. The van der Waals surface area contributed by atoms with E-state index >= 15 is 0 Å². The van der Waals surface area contributed by atoms with E-state index in [2.05, 4.69) is 15.5 Å². The van der Waals surface area contributed by atoms with E-state index in [4.69, 9.17) is 23.8 Å². The number of hydrogen-bond acceptors (Lipinski definition) is 5. The fraction of sp³-hybridized carbons (Fsp3) is 0.471. The molecule has 1 aromatic carbocycles. The zero-order valence-electron chi connectivity index (χ0n) is 15.4. The van der Waals surface area contributed by atoms with Crippen LogP contribution in [0.25, 0.3) is 0 Å². The molecule has 1 saturated heterocycles. The van der Waals surface area contributed by atoms with Gasteiger partial charge in [0, 0.05) is 30.6 Å². The fourth-order valence-corrected chi connectivity index (χ4v) is 5.11. The maximum Gasteiger partial charge on any atom is 0.243 e. The van der Waals surface area contributed by atoms with Gasteiger partial charge in [0.05, 0.1) is 11.4 Å². The van der Waals surface area contributed by atoms with Crippen molar-refractivity contribution in [3.05, 3.63) is 39.9 Å². The van der Waals surface area contributed by atoms with E-state index in [0.717, 1.165) is 0 Å². The van der Waals surface area contributed by atoms with Crippen LogP contribution < -0.4 is 5.32 Å². The lowest BCUT2D eigenvalue weighted by Gasteiger charge is -2.30. The van der Waals surface area contributed by atoms with E-state index in [0.29, 0.717) is 48.1 Å². The molecule has 0 unspecified atom stereocenters. The molecule has 1 aliphatic rings. The van der Waals surface area contributed by atoms with Crippen LogP contribution >= 0.6 is 23.8 Å². The van der Waals surface area contributed by atoms with Crippen LogP contribution in [0, 0.1) is 10.7 Å². The summed E-state index contributed by atoms with van der Waals surface area (Å²) in [5.41, 5.74) is 0. The minimum Gasteiger partial charge on any atom is -0.349 e. The maximum absolute atomic E-state index is 12.7. The summed E-state index contributed by atoms with van der Waals surface area (Å²) in [4.78, 5) is 12.7. The summed E-state index contributed by atoms with van der Waals surface area (Å²) in [7, 11) is -3.58. The monoisotopic (exact) mass is 443 g/mol. The van der Waals surface area contributed by atoms with Gasteiger partial charge in [0.2, 0.25) is 15.9 Å². The van der Waals surface area contributed by atoms with Gasteiger partial charge >= 0.3 is 0 Å². The Morgan fingerprint density at radius 1 is 1.32 bits per heavy atom. The van der Waals surface area contributed by atoms with Gasteiger partial charge in [-0.05, 0) is 56.2 Å². The standard InChI is InChI=1S/C17H22ClN5O3S2/c1-2-23-15(20-21-17(23)27)11-19-16(24)12-7-9-22(10-8-12)28(25,26)14-5-3-13(18)4-6-14/h3-6,12H,2,7-11H2,1H3,(H,19,24)(H,21,27). The Hall–Kier alpha value is -1.75. The second kappa shape index (κ2) is 8.73. The van der Waals surface area contributed by atoms with Crippen molar-refractivity contribution in [2.45, 2.75) is 37.8 Å². The van der Waals surface area contributed by atoms with Crippen LogP contribution in [0.15, 0.2) is 29.2 Å². The molecule has 1 aromatic heterocycles. The van der Waals surface area contributed by atoms with Crippen LogP contribution in [-0.2, 0) is 27.9 Å². The van der Waals surface area contributed by atoms with E-state index in [-0.39, 0.29) is 23.3 Å². The number of hydrogen-bond donors (Lipinski definition) is 2. The number of benzene rings is 1. The first-order valence-corrected chi connectivity index (χ1v) is 11.2. The number of amides is 1. The second-order valence-electron chi connectivity index (χ2n) is 6.54. The lowest BCUT2D eigenvalue weighted by Crippen LogP contribution is -2.43. The molecular formula is C17H22ClN5O3S2. The number of carbonyl (C=O) groups is 1. The average Bonchev–Trinajstić information content (AvgIpc) is 3.06. The highest BCUT2D eigenvalue weighted by atomic mass is 35.5. The van der Waals surface area contributed by atoms with Gasteiger partial charge in [0.15, 0.2) is 10.6 Å². The van der Waals surface area contributed by atoms with Crippen molar-refractivity contribution in [1.29, 1.82) is 0 Å². The first kappa shape index (κ1) is 21.0. The summed E-state index contributed by atoms with van der Waals surface area (Å²) in [5, 5.41) is 10.2. The molecule has 1 amide bonds. The minimum atomic E-state index is -3.58. The van der Waals surface area contributed by atoms with Crippen LogP contribution in [0.4, 0.5) is 0 Å². The number of sulfonamides is 1. The van der Waals surface area contributed by atoms with Crippen molar-refractivity contribution in [2.24, 2.45) is 5.92 Å². The largest absolute Gasteiger partial charge is 0.349 e. The predicted molar refractivity (Wildman–Crippen MR) is 108 cm³/mol. The SMILES string of the molecule is CCn1c(CNC(=O)C2CCN(S(=O)(=O)c3ccc(Cl)cc3)CC2)n[nH]c1=S. The Bertz CT molecular complexity index is 993. The van der Waals surface area contributed by atoms with Crippen molar-refractivity contribution < 1.29 is 13.2 Å². The third-order valence-corrected chi connectivity index (χ3v) is 7.33. The predicted octanol–water partition coefficient (Wildman–Crippen LogP) is 2.33. The molecule has 2 heterocycles. The molecule has 0 radical (unpaired) electrons. The summed E-state index contributed by atoms with van der Waals surface area (Å²) < 4.78 is 29.2. The number of rotatable bonds is 6. The molecule has 0 aliphatic carbocycles. The van der Waals surface area contributed by atoms with Gasteiger partial charge in [0.1, 0.15) is 0 Å². The number of nitrogens with zero attached hydrogens (tertiary/aromatic N) is 3. The molecule has 152 valence electrons. The lowest BCUT2D eigenvalue weighted by atomic mass is 9.97. The summed E-state index contributed by atoms with van der Waals surface area (Å²) in [6.07, 6.45) is 0.943. The zero-order valence-corrected chi connectivity index (χ0v) is 17.8. The number of halogens is 1. The first-order chi connectivity index (χ1) is 13.3. The van der Waals surface area contributed by atoms with Crippen molar-refractivity contribution in [1.82, 2.24) is 24.4 Å². The van der Waals surface area contributed by atoms with Crippen LogP contribution in [-0.4, -0.2) is 46.5 Å². The fourth-order valence-electron chi connectivity index (χ4n) is 3.24. The Morgan fingerprint density at radius 2 is 1.96 bits per heavy atom. The van der Waals surface area contributed by atoms with Crippen LogP contribution in [0.5, 0.6) is 0 Å². The molecule has 1 aliphatic heterocycles. The molecule has 8 nitrogen and oxygen atoms in total. The first-order valence-electron chi connectivity index (χ1n) is 9.00. The smallest absolute Gasteiger partial charge is 0.243 e. The number of H-pyrrole nitrogens is 1. The number of aromatic nitrogens is 3. The number of aromatic amines is 1. The quantitative estimate of drug-likeness (QED) is 0.667. The molecule has 0 bridgehead atoms. The highest BCUT2D eigenvalue weighted by Gasteiger charge is 2.32. The van der Waals surface area contributed by atoms with Gasteiger partial charge in [-0.1, -0.05) is 11.6 Å². The van der Waals surface area contributed by atoms with Gasteiger partial charge < -0.3 is 9.88 Å². The maximum atomic E-state index is 12.7. The second-order valence-corrected chi connectivity index (χ2v) is 9.30. The molecule has 0 spiro atoms. The summed E-state index contributed by atoms with van der Waals surface area (Å²) >= 11 is 11.0. The van der Waals surface area contributed by atoms with E-state index in [1.54, 1.807) is 12.1 Å². The summed E-state index contributed by atoms with van der Waals surface area (Å²) in [6.45, 7) is 3.51. The normalized spacial score (nSPS) is 16.2. The summed E-state index contributed by atoms with van der Waals surface area (Å²) in [6, 6.07) is 6.11. The summed E-state index contributed by atoms with van der Waals surface area (Å²) in [5.74, 6) is 0.345. The molecule has 28 heavy (non-hydrogen) atoms. The van der Waals surface area contributed by atoms with Gasteiger partial charge in [-0.15, -0.1) is 0 Å². The Kier molecular flexibility index (Phi) is 6.54. The van der Waals surface area contributed by atoms with E-state index in [1.807, 2.05) is 11.5 Å². The minimum absolute atomic E-state index is 0.0971. The highest BCUT2D eigenvalue weighted by Crippen LogP contribution is 2.25. The van der Waals surface area contributed by atoms with Gasteiger partial charge in [-0.25, -0.2) is 8.42 Å². The van der Waals surface area contributed by atoms with E-state index < -0.39 is 10.0 Å². The molecule has 11 heteroatoms. The number of nitrogens with one attached hydrogen (secondary N) is 2. The van der Waals surface area contributed by atoms with Gasteiger partial charge in [0.25, 0.3) is 0 Å². The zero-order chi connectivity index (χ0) is 20.3. The molecule has 2 aromatic rings. The topological polar surface area (TPSA) is 100 Å². The highest BCUT2D eigenvalue weighted by molar-refractivity contribution is 7.89. The van der Waals surface area contributed by atoms with Crippen molar-refractivity contribution in [2.75, 3.05) is 13.1 Å². The van der Waals surface area contributed by atoms with Crippen LogP contribution in [0.3, 0.4) is 0 Å². The van der Waals surface area contributed by atoms with Crippen molar-refractivity contribution >= 4 is 39.7 Å². The van der Waals surface area contributed by atoms with Crippen LogP contribution in [0.2, 0.25) is 5.02 Å². The van der Waals surface area contributed by atoms with Crippen LogP contribution in [0.1, 0.15) is 25.6 Å². The van der Waals surface area contributed by atoms with Gasteiger partial charge in [-0.2, -0.15) is 9.40 Å². The van der Waals surface area contributed by atoms with E-state index in [9.17, 15) is 13.2 Å². The molecule has 2 N–H and O–H groups in total. The molecule has 3 rings (SSSR count). The van der Waals surface area contributed by atoms with Gasteiger partial charge in [-0.3, -0.25) is 9.89 Å².